The van der Waals surface area contributed by atoms with Crippen molar-refractivity contribution in [2.45, 2.75) is 63.7 Å². The summed E-state index contributed by atoms with van der Waals surface area (Å²) in [7, 11) is 2.02. The van der Waals surface area contributed by atoms with E-state index in [1.165, 1.54) is 43.4 Å². The van der Waals surface area contributed by atoms with Crippen LogP contribution in [0.25, 0.3) is 0 Å². The van der Waals surface area contributed by atoms with Crippen molar-refractivity contribution >= 4 is 0 Å². The molecule has 3 rings (SSSR count). The number of aryl methyl sites for hydroxylation is 1. The highest BCUT2D eigenvalue weighted by Crippen LogP contribution is 2.34. The largest absolute Gasteiger partial charge is 0.328 e. The number of fused-ring (bicyclic) bond motifs is 2. The molecule has 1 aromatic rings. The number of nitrogens with two attached hydrogens (primary N) is 1. The summed E-state index contributed by atoms with van der Waals surface area (Å²) in [6.07, 6.45) is 8.41. The first-order valence-electron chi connectivity index (χ1n) is 7.14. The van der Waals surface area contributed by atoms with Crippen molar-refractivity contribution in [3.8, 4) is 0 Å². The topological polar surface area (TPSA) is 47.1 Å². The van der Waals surface area contributed by atoms with Crippen LogP contribution in [0.4, 0.5) is 0 Å². The SMILES string of the molecule is Cc1c(CN2C3CCCC2CC(N)C3)cnn1C. The Morgan fingerprint density at radius 1 is 1.33 bits per heavy atom. The third kappa shape index (κ3) is 2.08. The van der Waals surface area contributed by atoms with E-state index >= 15 is 0 Å². The van der Waals surface area contributed by atoms with Crippen LogP contribution in [0.1, 0.15) is 43.4 Å². The third-order valence-electron chi connectivity index (χ3n) is 4.85. The summed E-state index contributed by atoms with van der Waals surface area (Å²) in [4.78, 5) is 2.69. The van der Waals surface area contributed by atoms with Gasteiger partial charge in [-0.25, -0.2) is 0 Å². The van der Waals surface area contributed by atoms with Crippen molar-refractivity contribution in [2.75, 3.05) is 0 Å². The molecule has 2 atom stereocenters. The molecule has 2 unspecified atom stereocenters. The zero-order chi connectivity index (χ0) is 12.7. The van der Waals surface area contributed by atoms with E-state index in [0.29, 0.717) is 18.1 Å². The molecule has 100 valence electrons. The van der Waals surface area contributed by atoms with Crippen LogP contribution < -0.4 is 5.73 Å². The molecule has 0 spiro atoms. The van der Waals surface area contributed by atoms with Gasteiger partial charge in [0.15, 0.2) is 0 Å². The van der Waals surface area contributed by atoms with E-state index in [9.17, 15) is 0 Å². The molecule has 0 aromatic carbocycles. The van der Waals surface area contributed by atoms with Gasteiger partial charge in [0.2, 0.25) is 0 Å². The molecule has 2 fully saturated rings. The van der Waals surface area contributed by atoms with Gasteiger partial charge in [0.05, 0.1) is 6.20 Å². The number of nitrogens with zero attached hydrogens (tertiary/aromatic N) is 3. The molecule has 0 radical (unpaired) electrons. The fourth-order valence-corrected chi connectivity index (χ4v) is 3.67. The van der Waals surface area contributed by atoms with Crippen LogP contribution in [0.5, 0.6) is 0 Å². The lowest BCUT2D eigenvalue weighted by molar-refractivity contribution is 0.0243. The van der Waals surface area contributed by atoms with E-state index in [1.807, 2.05) is 17.9 Å². The van der Waals surface area contributed by atoms with Crippen LogP contribution >= 0.6 is 0 Å². The standard InChI is InChI=1S/C14H24N4/c1-10-11(8-16-17(10)2)9-18-13-4-3-5-14(18)7-12(15)6-13/h8,12-14H,3-7,9,15H2,1-2H3. The summed E-state index contributed by atoms with van der Waals surface area (Å²) in [5.41, 5.74) is 8.85. The van der Waals surface area contributed by atoms with Gasteiger partial charge >= 0.3 is 0 Å². The van der Waals surface area contributed by atoms with Crippen LogP contribution in [0.2, 0.25) is 0 Å². The van der Waals surface area contributed by atoms with Crippen molar-refractivity contribution in [1.29, 1.82) is 0 Å². The lowest BCUT2D eigenvalue weighted by Gasteiger charge is -2.48. The summed E-state index contributed by atoms with van der Waals surface area (Å²) in [5.74, 6) is 0. The van der Waals surface area contributed by atoms with Gasteiger partial charge in [0, 0.05) is 43.0 Å². The molecule has 2 aliphatic heterocycles. The van der Waals surface area contributed by atoms with Crippen LogP contribution in [0, 0.1) is 6.92 Å². The molecule has 0 aliphatic carbocycles. The Morgan fingerprint density at radius 2 is 2.00 bits per heavy atom. The number of rotatable bonds is 2. The highest BCUT2D eigenvalue weighted by atomic mass is 15.3. The molecule has 3 heterocycles. The van der Waals surface area contributed by atoms with Gasteiger partial charge in [-0.05, 0) is 32.6 Å². The number of hydrogen-bond donors (Lipinski definition) is 1. The highest BCUT2D eigenvalue weighted by molar-refractivity contribution is 5.16. The Balaban J connectivity index is 1.78. The van der Waals surface area contributed by atoms with Crippen molar-refractivity contribution in [1.82, 2.24) is 14.7 Å². The van der Waals surface area contributed by atoms with E-state index in [2.05, 4.69) is 16.9 Å². The molecule has 2 saturated heterocycles. The summed E-state index contributed by atoms with van der Waals surface area (Å²) in [6, 6.07) is 1.82. The first kappa shape index (κ1) is 12.2. The fourth-order valence-electron chi connectivity index (χ4n) is 3.67. The Bertz CT molecular complexity index is 411. The molecular weight excluding hydrogens is 224 g/mol. The molecule has 4 nitrogen and oxygen atoms in total. The van der Waals surface area contributed by atoms with Crippen LogP contribution in [-0.2, 0) is 13.6 Å². The molecule has 0 amide bonds. The minimum Gasteiger partial charge on any atom is -0.328 e. The van der Waals surface area contributed by atoms with Gasteiger partial charge in [0.1, 0.15) is 0 Å². The van der Waals surface area contributed by atoms with Crippen molar-refractivity contribution in [3.63, 3.8) is 0 Å². The maximum atomic E-state index is 6.17. The maximum absolute atomic E-state index is 6.17. The van der Waals surface area contributed by atoms with Gasteiger partial charge < -0.3 is 5.73 Å². The predicted octanol–water partition coefficient (Wildman–Crippen LogP) is 1.57. The number of piperidine rings is 2. The zero-order valence-corrected chi connectivity index (χ0v) is 11.5. The van der Waals surface area contributed by atoms with Gasteiger partial charge in [0.25, 0.3) is 0 Å². The van der Waals surface area contributed by atoms with Gasteiger partial charge in [-0.15, -0.1) is 0 Å². The average Bonchev–Trinajstić information content (AvgIpc) is 2.62. The number of aromatic nitrogens is 2. The van der Waals surface area contributed by atoms with Crippen molar-refractivity contribution in [3.05, 3.63) is 17.5 Å². The first-order valence-corrected chi connectivity index (χ1v) is 7.14. The molecule has 0 saturated carbocycles. The molecule has 2 aliphatic rings. The summed E-state index contributed by atoms with van der Waals surface area (Å²) >= 11 is 0. The Morgan fingerprint density at radius 3 is 2.56 bits per heavy atom. The van der Waals surface area contributed by atoms with Gasteiger partial charge in [-0.3, -0.25) is 9.58 Å². The summed E-state index contributed by atoms with van der Waals surface area (Å²) in [5, 5.41) is 4.36. The second-order valence-corrected chi connectivity index (χ2v) is 6.02. The molecule has 2 N–H and O–H groups in total. The lowest BCUT2D eigenvalue weighted by Crippen LogP contribution is -2.54. The Labute approximate surface area is 109 Å². The Kier molecular flexibility index (Phi) is 3.16. The molecular formula is C14H24N4. The van der Waals surface area contributed by atoms with Crippen LogP contribution in [-0.4, -0.2) is 32.8 Å². The predicted molar refractivity (Wildman–Crippen MR) is 72.1 cm³/mol. The molecule has 4 heteroatoms. The summed E-state index contributed by atoms with van der Waals surface area (Å²) < 4.78 is 1.97. The highest BCUT2D eigenvalue weighted by Gasteiger charge is 2.37. The lowest BCUT2D eigenvalue weighted by atomic mass is 9.82. The average molecular weight is 248 g/mol. The first-order chi connectivity index (χ1) is 8.65. The monoisotopic (exact) mass is 248 g/mol. The molecule has 18 heavy (non-hydrogen) atoms. The zero-order valence-electron chi connectivity index (χ0n) is 11.5. The smallest absolute Gasteiger partial charge is 0.0537 e. The van der Waals surface area contributed by atoms with Gasteiger partial charge in [-0.2, -0.15) is 5.10 Å². The normalized spacial score (nSPS) is 32.7. The van der Waals surface area contributed by atoms with Crippen molar-refractivity contribution < 1.29 is 0 Å². The van der Waals surface area contributed by atoms with E-state index in [4.69, 9.17) is 5.73 Å². The van der Waals surface area contributed by atoms with Gasteiger partial charge in [-0.1, -0.05) is 6.42 Å². The van der Waals surface area contributed by atoms with E-state index < -0.39 is 0 Å². The van der Waals surface area contributed by atoms with E-state index in [-0.39, 0.29) is 0 Å². The fraction of sp³-hybridized carbons (Fsp3) is 0.786. The maximum Gasteiger partial charge on any atom is 0.0537 e. The molecule has 2 bridgehead atoms. The second-order valence-electron chi connectivity index (χ2n) is 6.02. The van der Waals surface area contributed by atoms with E-state index in [0.717, 1.165) is 6.54 Å². The van der Waals surface area contributed by atoms with Crippen LogP contribution in [0.3, 0.4) is 0 Å². The number of hydrogen-bond acceptors (Lipinski definition) is 3. The van der Waals surface area contributed by atoms with Crippen molar-refractivity contribution in [2.24, 2.45) is 12.8 Å². The third-order valence-corrected chi connectivity index (χ3v) is 4.85. The van der Waals surface area contributed by atoms with Crippen LogP contribution in [0.15, 0.2) is 6.20 Å². The molecule has 1 aromatic heterocycles. The second kappa shape index (κ2) is 4.67. The quantitative estimate of drug-likeness (QED) is 0.864. The summed E-state index contributed by atoms with van der Waals surface area (Å²) in [6.45, 7) is 3.22. The Hall–Kier alpha value is -0.870. The minimum absolute atomic E-state index is 0.423. The minimum atomic E-state index is 0.423. The van der Waals surface area contributed by atoms with E-state index in [1.54, 1.807) is 0 Å².